The van der Waals surface area contributed by atoms with Gasteiger partial charge < -0.3 is 14.8 Å². The fourth-order valence-electron chi connectivity index (χ4n) is 4.30. The zero-order chi connectivity index (χ0) is 23.6. The molecule has 1 fully saturated rings. The molecule has 0 aliphatic carbocycles. The van der Waals surface area contributed by atoms with Gasteiger partial charge in [-0.15, -0.1) is 0 Å². The maximum absolute atomic E-state index is 6.57. The molecule has 1 aliphatic heterocycles. The van der Waals surface area contributed by atoms with E-state index in [2.05, 4.69) is 42.2 Å². The Morgan fingerprint density at radius 3 is 2.86 bits per heavy atom. The molecular formula is C25H23ClN6O2S. The molecule has 35 heavy (non-hydrogen) atoms. The van der Waals surface area contributed by atoms with Crippen LogP contribution >= 0.6 is 22.9 Å². The summed E-state index contributed by atoms with van der Waals surface area (Å²) in [4.78, 5) is 11.7. The number of rotatable bonds is 7. The number of ether oxygens (including phenoxy) is 2. The molecular weight excluding hydrogens is 484 g/mol. The Hall–Kier alpha value is -3.24. The molecule has 3 aromatic heterocycles. The number of para-hydroxylation sites is 1. The fraction of sp³-hybridized carbons (Fsp3) is 0.240. The number of anilines is 2. The maximum atomic E-state index is 6.57. The van der Waals surface area contributed by atoms with E-state index in [0.717, 1.165) is 77.3 Å². The minimum Gasteiger partial charge on any atom is -0.492 e. The van der Waals surface area contributed by atoms with Gasteiger partial charge in [0.1, 0.15) is 24.5 Å². The molecule has 4 heterocycles. The fourth-order valence-corrected chi connectivity index (χ4v) is 5.30. The summed E-state index contributed by atoms with van der Waals surface area (Å²) >= 11 is 8.21. The highest BCUT2D eigenvalue weighted by molar-refractivity contribution is 7.09. The zero-order valence-corrected chi connectivity index (χ0v) is 20.4. The summed E-state index contributed by atoms with van der Waals surface area (Å²) < 4.78 is 11.4. The number of thiophene rings is 1. The molecule has 178 valence electrons. The van der Waals surface area contributed by atoms with Gasteiger partial charge in [0.2, 0.25) is 0 Å². The Labute approximate surface area is 210 Å². The quantitative estimate of drug-likeness (QED) is 0.308. The minimum atomic E-state index is 0.597. The van der Waals surface area contributed by atoms with Crippen molar-refractivity contribution in [3.63, 3.8) is 0 Å². The van der Waals surface area contributed by atoms with E-state index in [1.165, 1.54) is 6.33 Å². The van der Waals surface area contributed by atoms with Gasteiger partial charge in [-0.05, 0) is 23.6 Å². The number of H-pyrrole nitrogens is 1. The third-order valence-electron chi connectivity index (χ3n) is 6.11. The highest BCUT2D eigenvalue weighted by atomic mass is 35.5. The highest BCUT2D eigenvalue weighted by Crippen LogP contribution is 2.38. The van der Waals surface area contributed by atoms with Gasteiger partial charge in [0.15, 0.2) is 5.82 Å². The predicted molar refractivity (Wildman–Crippen MR) is 140 cm³/mol. The smallest absolute Gasteiger partial charge is 0.157 e. The molecule has 0 unspecified atom stereocenters. The second-order valence-corrected chi connectivity index (χ2v) is 9.42. The van der Waals surface area contributed by atoms with E-state index < -0.39 is 0 Å². The van der Waals surface area contributed by atoms with Crippen LogP contribution in [0.3, 0.4) is 0 Å². The Morgan fingerprint density at radius 1 is 1.11 bits per heavy atom. The van der Waals surface area contributed by atoms with Crippen LogP contribution in [-0.2, 0) is 4.74 Å². The van der Waals surface area contributed by atoms with Crippen molar-refractivity contribution in [2.45, 2.75) is 0 Å². The molecule has 0 spiro atoms. The number of aromatic nitrogens is 4. The lowest BCUT2D eigenvalue weighted by atomic mass is 10.1. The number of morpholine rings is 1. The summed E-state index contributed by atoms with van der Waals surface area (Å²) in [7, 11) is 0. The molecule has 1 aliphatic rings. The van der Waals surface area contributed by atoms with Crippen LogP contribution in [0.4, 0.5) is 11.5 Å². The van der Waals surface area contributed by atoms with Crippen LogP contribution in [-0.4, -0.2) is 64.5 Å². The average Bonchev–Trinajstić information content (AvgIpc) is 3.59. The summed E-state index contributed by atoms with van der Waals surface area (Å²) in [6, 6.07) is 11.8. The zero-order valence-electron chi connectivity index (χ0n) is 18.8. The second kappa shape index (κ2) is 9.79. The Morgan fingerprint density at radius 2 is 2.00 bits per heavy atom. The van der Waals surface area contributed by atoms with Gasteiger partial charge in [0.05, 0.1) is 29.4 Å². The summed E-state index contributed by atoms with van der Waals surface area (Å²) in [5, 5.41) is 18.5. The molecule has 10 heteroatoms. The summed E-state index contributed by atoms with van der Waals surface area (Å²) in [5.41, 5.74) is 2.47. The lowest BCUT2D eigenvalue weighted by Crippen LogP contribution is -2.38. The number of hydrogen-bond donors (Lipinski definition) is 2. The number of halogens is 1. The number of nitrogens with zero attached hydrogens (tertiary/aromatic N) is 4. The molecule has 8 nitrogen and oxygen atoms in total. The van der Waals surface area contributed by atoms with Gasteiger partial charge in [0.25, 0.3) is 0 Å². The lowest BCUT2D eigenvalue weighted by Gasteiger charge is -2.26. The molecule has 2 aromatic carbocycles. The molecule has 6 rings (SSSR count). The average molecular weight is 507 g/mol. The van der Waals surface area contributed by atoms with Gasteiger partial charge in [-0.25, -0.2) is 9.97 Å². The molecule has 5 aromatic rings. The Bertz CT molecular complexity index is 1470. The third-order valence-corrected chi connectivity index (χ3v) is 7.18. The number of fused-ring (bicyclic) bond motifs is 3. The normalized spacial score (nSPS) is 14.5. The van der Waals surface area contributed by atoms with Crippen LogP contribution in [0.5, 0.6) is 5.75 Å². The van der Waals surface area contributed by atoms with Crippen LogP contribution in [0.2, 0.25) is 5.02 Å². The van der Waals surface area contributed by atoms with E-state index in [1.54, 1.807) is 11.3 Å². The summed E-state index contributed by atoms with van der Waals surface area (Å²) in [5.74, 6) is 2.17. The number of pyridine rings is 1. The monoisotopic (exact) mass is 506 g/mol. The first-order chi connectivity index (χ1) is 17.3. The van der Waals surface area contributed by atoms with Gasteiger partial charge >= 0.3 is 0 Å². The maximum Gasteiger partial charge on any atom is 0.157 e. The van der Waals surface area contributed by atoms with Crippen LogP contribution in [0, 0.1) is 0 Å². The van der Waals surface area contributed by atoms with Crippen molar-refractivity contribution in [2.24, 2.45) is 0 Å². The first-order valence-corrected chi connectivity index (χ1v) is 12.7. The number of hydrogen-bond acceptors (Lipinski definition) is 8. The lowest BCUT2D eigenvalue weighted by molar-refractivity contribution is 0.0322. The third kappa shape index (κ3) is 4.55. The highest BCUT2D eigenvalue weighted by Gasteiger charge is 2.16. The standard InChI is InChI=1S/C25H23ClN6O2S/c26-21-5-4-16(34-11-8-32-6-9-33-10-7-32)12-22(21)29-25-20-14-35-13-19(20)17-2-1-3-18(23(17)30-25)24-27-15-28-31-24/h1-5,12-15H,6-11H2,(H,29,30)(H,27,28,31). The largest absolute Gasteiger partial charge is 0.492 e. The van der Waals surface area contributed by atoms with Crippen molar-refractivity contribution in [1.82, 2.24) is 25.1 Å². The van der Waals surface area contributed by atoms with Gasteiger partial charge in [-0.3, -0.25) is 10.00 Å². The second-order valence-electron chi connectivity index (χ2n) is 8.26. The van der Waals surface area contributed by atoms with Crippen molar-refractivity contribution >= 4 is 56.1 Å². The van der Waals surface area contributed by atoms with Crippen LogP contribution in [0.1, 0.15) is 0 Å². The summed E-state index contributed by atoms with van der Waals surface area (Å²) in [6.07, 6.45) is 1.50. The van der Waals surface area contributed by atoms with E-state index in [0.29, 0.717) is 17.5 Å². The number of benzene rings is 2. The topological polar surface area (TPSA) is 88.2 Å². The molecule has 0 radical (unpaired) electrons. The van der Waals surface area contributed by atoms with E-state index in [1.807, 2.05) is 30.3 Å². The first kappa shape index (κ1) is 22.2. The van der Waals surface area contributed by atoms with Crippen LogP contribution < -0.4 is 10.1 Å². The van der Waals surface area contributed by atoms with Crippen molar-refractivity contribution in [3.05, 3.63) is 58.5 Å². The molecule has 0 saturated carbocycles. The van der Waals surface area contributed by atoms with Crippen molar-refractivity contribution < 1.29 is 9.47 Å². The van der Waals surface area contributed by atoms with Gasteiger partial charge in [0, 0.05) is 52.8 Å². The SMILES string of the molecule is Clc1ccc(OCCN2CCOCC2)cc1Nc1nc2c(-c3ncn[nH]3)cccc2c2cscc12. The number of aromatic amines is 1. The molecule has 0 bridgehead atoms. The Kier molecular flexibility index (Phi) is 6.22. The van der Waals surface area contributed by atoms with E-state index in [9.17, 15) is 0 Å². The van der Waals surface area contributed by atoms with E-state index in [4.69, 9.17) is 26.1 Å². The minimum absolute atomic E-state index is 0.597. The van der Waals surface area contributed by atoms with Crippen molar-refractivity contribution in [2.75, 3.05) is 44.8 Å². The van der Waals surface area contributed by atoms with E-state index in [-0.39, 0.29) is 0 Å². The molecule has 0 atom stereocenters. The van der Waals surface area contributed by atoms with Crippen LogP contribution in [0.15, 0.2) is 53.5 Å². The van der Waals surface area contributed by atoms with Crippen molar-refractivity contribution in [3.8, 4) is 17.1 Å². The van der Waals surface area contributed by atoms with Gasteiger partial charge in [-0.1, -0.05) is 23.7 Å². The predicted octanol–water partition coefficient (Wildman–Crippen LogP) is 5.34. The van der Waals surface area contributed by atoms with Crippen LogP contribution in [0.25, 0.3) is 33.1 Å². The molecule has 0 amide bonds. The molecule has 1 saturated heterocycles. The number of nitrogens with one attached hydrogen (secondary N) is 2. The summed E-state index contributed by atoms with van der Waals surface area (Å²) in [6.45, 7) is 4.91. The van der Waals surface area contributed by atoms with Gasteiger partial charge in [-0.2, -0.15) is 16.4 Å². The molecule has 2 N–H and O–H groups in total. The van der Waals surface area contributed by atoms with Crippen molar-refractivity contribution in [1.29, 1.82) is 0 Å². The first-order valence-electron chi connectivity index (χ1n) is 11.4. The van der Waals surface area contributed by atoms with E-state index >= 15 is 0 Å². The Balaban J connectivity index is 1.31.